The molecule has 1 aliphatic heterocycles. The minimum atomic E-state index is -0.412. The number of hydrogen-bond donors (Lipinski definition) is 0. The van der Waals surface area contributed by atoms with Crippen LogP contribution in [0, 0.1) is 10.1 Å². The molecule has 1 unspecified atom stereocenters. The quantitative estimate of drug-likeness (QED) is 0.488. The lowest BCUT2D eigenvalue weighted by molar-refractivity contribution is -0.384. The summed E-state index contributed by atoms with van der Waals surface area (Å²) in [7, 11) is 0. The van der Waals surface area contributed by atoms with Crippen molar-refractivity contribution < 1.29 is 9.76 Å². The highest BCUT2D eigenvalue weighted by molar-refractivity contribution is 9.09. The standard InChI is InChI=1S/C11H11BrN2O3/c12-6-5-10-7-11(13-17-10)8-1-3-9(4-2-8)14(15)16/h1-4,10H,5-7H2. The Bertz CT molecular complexity index is 445. The van der Waals surface area contributed by atoms with Crippen molar-refractivity contribution in [2.75, 3.05) is 5.33 Å². The van der Waals surface area contributed by atoms with Gasteiger partial charge in [-0.1, -0.05) is 21.1 Å². The average Bonchev–Trinajstić information content (AvgIpc) is 2.78. The van der Waals surface area contributed by atoms with Crippen LogP contribution in [0.4, 0.5) is 5.69 Å². The summed E-state index contributed by atoms with van der Waals surface area (Å²) in [5.74, 6) is 0. The van der Waals surface area contributed by atoms with E-state index in [-0.39, 0.29) is 11.8 Å². The second-order valence-corrected chi connectivity index (χ2v) is 4.54. The summed E-state index contributed by atoms with van der Waals surface area (Å²) in [6, 6.07) is 6.37. The normalized spacial score (nSPS) is 18.6. The number of oxime groups is 1. The van der Waals surface area contributed by atoms with Crippen LogP contribution in [0.3, 0.4) is 0 Å². The molecular formula is C11H11BrN2O3. The highest BCUT2D eigenvalue weighted by Gasteiger charge is 2.21. The molecule has 0 N–H and O–H groups in total. The van der Waals surface area contributed by atoms with Crippen molar-refractivity contribution in [1.29, 1.82) is 0 Å². The number of benzene rings is 1. The van der Waals surface area contributed by atoms with Crippen LogP contribution >= 0.6 is 15.9 Å². The van der Waals surface area contributed by atoms with Crippen molar-refractivity contribution in [2.45, 2.75) is 18.9 Å². The number of non-ortho nitro benzene ring substituents is 1. The van der Waals surface area contributed by atoms with E-state index in [0.29, 0.717) is 0 Å². The monoisotopic (exact) mass is 298 g/mol. The largest absolute Gasteiger partial charge is 0.392 e. The Hall–Kier alpha value is -1.43. The molecule has 1 atom stereocenters. The van der Waals surface area contributed by atoms with Crippen molar-refractivity contribution >= 4 is 27.3 Å². The highest BCUT2D eigenvalue weighted by Crippen LogP contribution is 2.21. The predicted octanol–water partition coefficient (Wildman–Crippen LogP) is 2.87. The molecule has 0 bridgehead atoms. The van der Waals surface area contributed by atoms with Gasteiger partial charge in [-0.15, -0.1) is 0 Å². The second-order valence-electron chi connectivity index (χ2n) is 3.75. The number of hydrogen-bond acceptors (Lipinski definition) is 4. The van der Waals surface area contributed by atoms with Crippen LogP contribution in [0.15, 0.2) is 29.4 Å². The number of nitrogens with zero attached hydrogens (tertiary/aromatic N) is 2. The number of nitro groups is 1. The molecular weight excluding hydrogens is 288 g/mol. The number of alkyl halides is 1. The third kappa shape index (κ3) is 2.82. The molecule has 0 aromatic heterocycles. The number of rotatable bonds is 4. The molecule has 2 rings (SSSR count). The Kier molecular flexibility index (Phi) is 3.73. The molecule has 1 aromatic carbocycles. The smallest absolute Gasteiger partial charge is 0.269 e. The van der Waals surface area contributed by atoms with Crippen LogP contribution < -0.4 is 0 Å². The van der Waals surface area contributed by atoms with E-state index < -0.39 is 4.92 Å². The Morgan fingerprint density at radius 1 is 1.47 bits per heavy atom. The summed E-state index contributed by atoms with van der Waals surface area (Å²) in [5.41, 5.74) is 1.82. The molecule has 0 spiro atoms. The first kappa shape index (κ1) is 12.0. The SMILES string of the molecule is O=[N+]([O-])c1ccc(C2=NOC(CCBr)C2)cc1. The van der Waals surface area contributed by atoms with E-state index in [2.05, 4.69) is 21.1 Å². The van der Waals surface area contributed by atoms with Gasteiger partial charge in [0, 0.05) is 23.9 Å². The third-order valence-corrected chi connectivity index (χ3v) is 3.03. The van der Waals surface area contributed by atoms with Crippen molar-refractivity contribution in [3.8, 4) is 0 Å². The molecule has 17 heavy (non-hydrogen) atoms. The van der Waals surface area contributed by atoms with Gasteiger partial charge in [0.2, 0.25) is 0 Å². The van der Waals surface area contributed by atoms with Crippen LogP contribution in [0.25, 0.3) is 0 Å². The molecule has 90 valence electrons. The summed E-state index contributed by atoms with van der Waals surface area (Å²) >= 11 is 3.36. The molecule has 0 saturated heterocycles. The Morgan fingerprint density at radius 3 is 2.76 bits per heavy atom. The average molecular weight is 299 g/mol. The van der Waals surface area contributed by atoms with Gasteiger partial charge in [0.25, 0.3) is 5.69 Å². The van der Waals surface area contributed by atoms with Gasteiger partial charge in [-0.2, -0.15) is 0 Å². The molecule has 6 heteroatoms. The lowest BCUT2D eigenvalue weighted by Crippen LogP contribution is -2.08. The topological polar surface area (TPSA) is 64.7 Å². The molecule has 0 amide bonds. The third-order valence-electron chi connectivity index (χ3n) is 2.58. The maximum absolute atomic E-state index is 10.5. The van der Waals surface area contributed by atoms with Gasteiger partial charge in [0.05, 0.1) is 10.6 Å². The summed E-state index contributed by atoms with van der Waals surface area (Å²) in [6.07, 6.45) is 1.77. The molecule has 0 aliphatic carbocycles. The lowest BCUT2D eigenvalue weighted by Gasteiger charge is -2.03. The summed E-state index contributed by atoms with van der Waals surface area (Å²) < 4.78 is 0. The van der Waals surface area contributed by atoms with Crippen molar-refractivity contribution in [1.82, 2.24) is 0 Å². The first-order valence-corrected chi connectivity index (χ1v) is 6.36. The molecule has 0 radical (unpaired) electrons. The van der Waals surface area contributed by atoms with E-state index >= 15 is 0 Å². The molecule has 0 fully saturated rings. The highest BCUT2D eigenvalue weighted by atomic mass is 79.9. The molecule has 1 aromatic rings. The van der Waals surface area contributed by atoms with Gasteiger partial charge in [0.1, 0.15) is 6.10 Å². The minimum Gasteiger partial charge on any atom is -0.392 e. The van der Waals surface area contributed by atoms with Crippen LogP contribution in [0.5, 0.6) is 0 Å². The van der Waals surface area contributed by atoms with Crippen molar-refractivity contribution in [2.24, 2.45) is 5.16 Å². The fraction of sp³-hybridized carbons (Fsp3) is 0.364. The molecule has 1 heterocycles. The fourth-order valence-corrected chi connectivity index (χ4v) is 2.16. The van der Waals surface area contributed by atoms with Crippen molar-refractivity contribution in [3.05, 3.63) is 39.9 Å². The zero-order chi connectivity index (χ0) is 12.3. The van der Waals surface area contributed by atoms with Crippen molar-refractivity contribution in [3.63, 3.8) is 0 Å². The van der Waals surface area contributed by atoms with Crippen LogP contribution in [0.2, 0.25) is 0 Å². The van der Waals surface area contributed by atoms with E-state index in [4.69, 9.17) is 4.84 Å². The molecule has 5 nitrogen and oxygen atoms in total. The second kappa shape index (κ2) is 5.27. The van der Waals surface area contributed by atoms with Gasteiger partial charge < -0.3 is 4.84 Å². The lowest BCUT2D eigenvalue weighted by atomic mass is 10.0. The van der Waals surface area contributed by atoms with Gasteiger partial charge >= 0.3 is 0 Å². The van der Waals surface area contributed by atoms with Crippen LogP contribution in [-0.4, -0.2) is 22.1 Å². The van der Waals surface area contributed by atoms with Crippen LogP contribution in [0.1, 0.15) is 18.4 Å². The zero-order valence-corrected chi connectivity index (χ0v) is 10.6. The first-order chi connectivity index (χ1) is 8.20. The maximum atomic E-state index is 10.5. The van der Waals surface area contributed by atoms with E-state index in [1.807, 2.05) is 0 Å². The summed E-state index contributed by atoms with van der Waals surface area (Å²) in [4.78, 5) is 15.4. The van der Waals surface area contributed by atoms with Gasteiger partial charge in [-0.3, -0.25) is 10.1 Å². The molecule has 0 saturated carbocycles. The van der Waals surface area contributed by atoms with E-state index in [0.717, 1.165) is 29.4 Å². The van der Waals surface area contributed by atoms with Gasteiger partial charge in [-0.25, -0.2) is 0 Å². The van der Waals surface area contributed by atoms with Crippen LogP contribution in [-0.2, 0) is 4.84 Å². The van der Waals surface area contributed by atoms with Gasteiger partial charge in [-0.05, 0) is 24.1 Å². The molecule has 1 aliphatic rings. The summed E-state index contributed by atoms with van der Waals surface area (Å²) in [5, 5.41) is 15.4. The number of halogens is 1. The maximum Gasteiger partial charge on any atom is 0.269 e. The van der Waals surface area contributed by atoms with E-state index in [9.17, 15) is 10.1 Å². The number of nitro benzene ring substituents is 1. The Labute approximate surface area is 107 Å². The fourth-order valence-electron chi connectivity index (χ4n) is 1.65. The van der Waals surface area contributed by atoms with Gasteiger partial charge in [0.15, 0.2) is 0 Å². The Morgan fingerprint density at radius 2 is 2.18 bits per heavy atom. The van der Waals surface area contributed by atoms with E-state index in [1.54, 1.807) is 12.1 Å². The minimum absolute atomic E-state index is 0.0882. The predicted molar refractivity (Wildman–Crippen MR) is 67.5 cm³/mol. The zero-order valence-electron chi connectivity index (χ0n) is 9.01. The summed E-state index contributed by atoms with van der Waals surface area (Å²) in [6.45, 7) is 0. The van der Waals surface area contributed by atoms with E-state index in [1.165, 1.54) is 12.1 Å². The Balaban J connectivity index is 2.06. The first-order valence-electron chi connectivity index (χ1n) is 5.24.